The third-order valence-electron chi connectivity index (χ3n) is 6.15. The Balaban J connectivity index is 1.26. The van der Waals surface area contributed by atoms with Crippen LogP contribution in [0.2, 0.25) is 0 Å². The van der Waals surface area contributed by atoms with Crippen LogP contribution in [-0.2, 0) is 6.54 Å². The van der Waals surface area contributed by atoms with Crippen molar-refractivity contribution in [2.75, 3.05) is 49.5 Å². The highest BCUT2D eigenvalue weighted by Crippen LogP contribution is 2.22. The van der Waals surface area contributed by atoms with Crippen LogP contribution in [0.1, 0.15) is 30.4 Å². The second-order valence-corrected chi connectivity index (χ2v) is 8.21. The summed E-state index contributed by atoms with van der Waals surface area (Å²) >= 11 is 0. The molecular weight excluding hydrogens is 360 g/mol. The fourth-order valence-electron chi connectivity index (χ4n) is 4.25. The van der Waals surface area contributed by atoms with Crippen LogP contribution in [0, 0.1) is 6.92 Å². The van der Waals surface area contributed by atoms with E-state index in [-0.39, 0.29) is 6.03 Å². The van der Waals surface area contributed by atoms with E-state index in [0.29, 0.717) is 0 Å². The molecule has 0 bridgehead atoms. The molecule has 2 fully saturated rings. The number of rotatable bonds is 4. The maximum absolute atomic E-state index is 12.7. The van der Waals surface area contributed by atoms with Crippen molar-refractivity contribution in [1.29, 1.82) is 0 Å². The van der Waals surface area contributed by atoms with Gasteiger partial charge >= 0.3 is 6.03 Å². The smallest absolute Gasteiger partial charge is 0.321 e. The molecule has 2 saturated heterocycles. The predicted molar refractivity (Wildman–Crippen MR) is 120 cm³/mol. The maximum atomic E-state index is 12.7. The summed E-state index contributed by atoms with van der Waals surface area (Å²) in [6.07, 6.45) is 3.88. The van der Waals surface area contributed by atoms with Crippen LogP contribution in [0.3, 0.4) is 0 Å². The van der Waals surface area contributed by atoms with Crippen molar-refractivity contribution in [3.63, 3.8) is 0 Å². The van der Waals surface area contributed by atoms with Gasteiger partial charge in [-0.05, 0) is 61.6 Å². The summed E-state index contributed by atoms with van der Waals surface area (Å²) < 4.78 is 0. The number of anilines is 2. The molecule has 2 aliphatic heterocycles. The maximum Gasteiger partial charge on any atom is 0.321 e. The van der Waals surface area contributed by atoms with Gasteiger partial charge in [0, 0.05) is 57.2 Å². The minimum atomic E-state index is 0.00580. The van der Waals surface area contributed by atoms with E-state index in [4.69, 9.17) is 0 Å². The lowest BCUT2D eigenvalue weighted by molar-refractivity contribution is 0.143. The van der Waals surface area contributed by atoms with Crippen molar-refractivity contribution in [2.45, 2.75) is 32.7 Å². The molecule has 0 radical (unpaired) electrons. The average Bonchev–Trinajstić information content (AvgIpc) is 2.77. The Kier molecular flexibility index (Phi) is 6.35. The van der Waals surface area contributed by atoms with Gasteiger partial charge in [0.2, 0.25) is 0 Å². The third kappa shape index (κ3) is 5.10. The van der Waals surface area contributed by atoms with E-state index in [0.717, 1.165) is 51.5 Å². The number of nitrogens with zero attached hydrogens (tertiary/aromatic N) is 3. The lowest BCUT2D eigenvalue weighted by Crippen LogP contribution is -2.49. The highest BCUT2D eigenvalue weighted by Gasteiger charge is 2.21. The van der Waals surface area contributed by atoms with E-state index in [1.807, 2.05) is 17.0 Å². The standard InChI is InChI=1S/C24H32N4O/c1-20-7-3-4-8-21(20)19-26-15-17-28(18-16-26)24(29)25-22-9-11-23(12-10-22)27-13-5-2-6-14-27/h3-4,7-12H,2,5-6,13-19H2,1H3,(H,25,29). The highest BCUT2D eigenvalue weighted by molar-refractivity contribution is 5.89. The molecule has 2 aromatic carbocycles. The monoisotopic (exact) mass is 392 g/mol. The van der Waals surface area contributed by atoms with E-state index in [1.165, 1.54) is 36.1 Å². The highest BCUT2D eigenvalue weighted by atomic mass is 16.2. The van der Waals surface area contributed by atoms with Crippen LogP contribution < -0.4 is 10.2 Å². The fourth-order valence-corrected chi connectivity index (χ4v) is 4.25. The zero-order chi connectivity index (χ0) is 20.1. The molecule has 0 unspecified atom stereocenters. The molecule has 0 aliphatic carbocycles. The topological polar surface area (TPSA) is 38.8 Å². The van der Waals surface area contributed by atoms with Crippen molar-refractivity contribution >= 4 is 17.4 Å². The Morgan fingerprint density at radius 3 is 2.24 bits per heavy atom. The number of carbonyl (C=O) groups excluding carboxylic acids is 1. The van der Waals surface area contributed by atoms with Crippen LogP contribution in [0.25, 0.3) is 0 Å². The zero-order valence-electron chi connectivity index (χ0n) is 17.4. The van der Waals surface area contributed by atoms with Crippen LogP contribution in [0.4, 0.5) is 16.2 Å². The third-order valence-corrected chi connectivity index (χ3v) is 6.15. The number of benzene rings is 2. The van der Waals surface area contributed by atoms with E-state index < -0.39 is 0 Å². The molecule has 2 aromatic rings. The number of nitrogens with one attached hydrogen (secondary N) is 1. The Hall–Kier alpha value is -2.53. The Labute approximate surface area is 174 Å². The largest absolute Gasteiger partial charge is 0.372 e. The van der Waals surface area contributed by atoms with Gasteiger partial charge in [0.25, 0.3) is 0 Å². The second kappa shape index (κ2) is 9.31. The molecule has 2 heterocycles. The molecule has 2 aliphatic rings. The van der Waals surface area contributed by atoms with E-state index in [1.54, 1.807) is 0 Å². The lowest BCUT2D eigenvalue weighted by Gasteiger charge is -2.35. The van der Waals surface area contributed by atoms with Crippen LogP contribution in [0.5, 0.6) is 0 Å². The van der Waals surface area contributed by atoms with Gasteiger partial charge in [-0.1, -0.05) is 24.3 Å². The normalized spacial score (nSPS) is 18.0. The quantitative estimate of drug-likeness (QED) is 0.841. The van der Waals surface area contributed by atoms with E-state index in [2.05, 4.69) is 58.4 Å². The van der Waals surface area contributed by atoms with Crippen LogP contribution in [0.15, 0.2) is 48.5 Å². The number of amides is 2. The number of piperidine rings is 1. The number of aryl methyl sites for hydroxylation is 1. The van der Waals surface area contributed by atoms with Crippen molar-refractivity contribution in [3.8, 4) is 0 Å². The van der Waals surface area contributed by atoms with Gasteiger partial charge in [-0.3, -0.25) is 4.90 Å². The molecular formula is C24H32N4O. The first-order valence-electron chi connectivity index (χ1n) is 10.9. The molecule has 154 valence electrons. The number of carbonyl (C=O) groups is 1. The predicted octanol–water partition coefficient (Wildman–Crippen LogP) is 4.34. The molecule has 0 atom stereocenters. The summed E-state index contributed by atoms with van der Waals surface area (Å²) in [6, 6.07) is 16.8. The summed E-state index contributed by atoms with van der Waals surface area (Å²) in [6.45, 7) is 8.76. The summed E-state index contributed by atoms with van der Waals surface area (Å²) in [4.78, 5) is 19.4. The summed E-state index contributed by atoms with van der Waals surface area (Å²) in [5, 5.41) is 3.07. The number of hydrogen-bond donors (Lipinski definition) is 1. The van der Waals surface area contributed by atoms with Gasteiger partial charge in [-0.15, -0.1) is 0 Å². The summed E-state index contributed by atoms with van der Waals surface area (Å²) in [5.74, 6) is 0. The molecule has 0 spiro atoms. The molecule has 5 nitrogen and oxygen atoms in total. The molecule has 1 N–H and O–H groups in total. The Bertz CT molecular complexity index is 806. The zero-order valence-corrected chi connectivity index (χ0v) is 17.4. The fraction of sp³-hybridized carbons (Fsp3) is 0.458. The average molecular weight is 393 g/mol. The van der Waals surface area contributed by atoms with Crippen LogP contribution >= 0.6 is 0 Å². The minimum Gasteiger partial charge on any atom is -0.372 e. The van der Waals surface area contributed by atoms with Gasteiger partial charge < -0.3 is 15.1 Å². The molecule has 0 saturated carbocycles. The van der Waals surface area contributed by atoms with Gasteiger partial charge in [-0.25, -0.2) is 4.79 Å². The molecule has 29 heavy (non-hydrogen) atoms. The first kappa shape index (κ1) is 19.8. The minimum absolute atomic E-state index is 0.00580. The first-order valence-corrected chi connectivity index (χ1v) is 10.9. The van der Waals surface area contributed by atoms with Gasteiger partial charge in [0.15, 0.2) is 0 Å². The lowest BCUT2D eigenvalue weighted by atomic mass is 10.1. The Morgan fingerprint density at radius 2 is 1.55 bits per heavy atom. The number of piperazine rings is 1. The number of hydrogen-bond acceptors (Lipinski definition) is 3. The van der Waals surface area contributed by atoms with Gasteiger partial charge in [0.1, 0.15) is 0 Å². The SMILES string of the molecule is Cc1ccccc1CN1CCN(C(=O)Nc2ccc(N3CCCCC3)cc2)CC1. The van der Waals surface area contributed by atoms with Crippen molar-refractivity contribution < 1.29 is 4.79 Å². The van der Waals surface area contributed by atoms with Crippen molar-refractivity contribution in [1.82, 2.24) is 9.80 Å². The molecule has 4 rings (SSSR count). The van der Waals surface area contributed by atoms with Crippen LogP contribution in [-0.4, -0.2) is 55.1 Å². The van der Waals surface area contributed by atoms with Gasteiger partial charge in [0.05, 0.1) is 0 Å². The number of urea groups is 1. The molecule has 5 heteroatoms. The van der Waals surface area contributed by atoms with Gasteiger partial charge in [-0.2, -0.15) is 0 Å². The summed E-state index contributed by atoms with van der Waals surface area (Å²) in [5.41, 5.74) is 4.84. The second-order valence-electron chi connectivity index (χ2n) is 8.21. The molecule has 0 aromatic heterocycles. The first-order chi connectivity index (χ1) is 14.2. The van der Waals surface area contributed by atoms with Crippen molar-refractivity contribution in [3.05, 3.63) is 59.7 Å². The Morgan fingerprint density at radius 1 is 0.862 bits per heavy atom. The molecule has 2 amide bonds. The summed E-state index contributed by atoms with van der Waals surface area (Å²) in [7, 11) is 0. The van der Waals surface area contributed by atoms with E-state index >= 15 is 0 Å². The van der Waals surface area contributed by atoms with E-state index in [9.17, 15) is 4.79 Å². The van der Waals surface area contributed by atoms with Crippen molar-refractivity contribution in [2.24, 2.45) is 0 Å².